The number of alkyl halides is 3. The lowest BCUT2D eigenvalue weighted by Crippen LogP contribution is -2.10. The van der Waals surface area contributed by atoms with Crippen LogP contribution in [0, 0.1) is 0 Å². The summed E-state index contributed by atoms with van der Waals surface area (Å²) >= 11 is 0. The predicted octanol–water partition coefficient (Wildman–Crippen LogP) is 2.67. The first-order valence-corrected chi connectivity index (χ1v) is 4.65. The Morgan fingerprint density at radius 1 is 1.44 bits per heavy atom. The van der Waals surface area contributed by atoms with Crippen LogP contribution in [0.1, 0.15) is 29.4 Å². The fourth-order valence-electron chi connectivity index (χ4n) is 0.960. The van der Waals surface area contributed by atoms with Crippen LogP contribution < -0.4 is 0 Å². The van der Waals surface area contributed by atoms with E-state index in [0.717, 1.165) is 18.3 Å². The summed E-state index contributed by atoms with van der Waals surface area (Å²) in [7, 11) is 0. The fourth-order valence-corrected chi connectivity index (χ4v) is 0.960. The van der Waals surface area contributed by atoms with Crippen molar-refractivity contribution in [3.05, 3.63) is 29.6 Å². The summed E-state index contributed by atoms with van der Waals surface area (Å²) in [6.07, 6.45) is -2.98. The summed E-state index contributed by atoms with van der Waals surface area (Å²) in [6.45, 7) is 2.05. The number of ether oxygens (including phenoxy) is 1. The van der Waals surface area contributed by atoms with Crippen molar-refractivity contribution in [3.8, 4) is 0 Å². The molecule has 1 rings (SSSR count). The Labute approximate surface area is 90.2 Å². The van der Waals surface area contributed by atoms with Crippen LogP contribution >= 0.6 is 0 Å². The highest BCUT2D eigenvalue weighted by Gasteiger charge is 2.32. The van der Waals surface area contributed by atoms with Crippen molar-refractivity contribution in [2.45, 2.75) is 19.5 Å². The van der Waals surface area contributed by atoms with Gasteiger partial charge in [-0.1, -0.05) is 6.92 Å². The molecule has 0 N–H and O–H groups in total. The van der Waals surface area contributed by atoms with E-state index in [9.17, 15) is 18.0 Å². The highest BCUT2D eigenvalue weighted by Crippen LogP contribution is 2.27. The average Bonchev–Trinajstić information content (AvgIpc) is 2.25. The zero-order valence-electron chi connectivity index (χ0n) is 8.54. The van der Waals surface area contributed by atoms with Gasteiger partial charge in [0.05, 0.1) is 12.2 Å². The van der Waals surface area contributed by atoms with Crippen LogP contribution in [0.2, 0.25) is 0 Å². The maximum atomic E-state index is 12.1. The maximum absolute atomic E-state index is 12.1. The first kappa shape index (κ1) is 12.5. The van der Waals surface area contributed by atoms with E-state index in [-0.39, 0.29) is 12.2 Å². The Bertz CT molecular complexity index is 359. The molecule has 88 valence electrons. The minimum absolute atomic E-state index is 0.0152. The molecular weight excluding hydrogens is 223 g/mol. The maximum Gasteiger partial charge on any atom is 0.433 e. The molecule has 0 unspecified atom stereocenters. The van der Waals surface area contributed by atoms with E-state index < -0.39 is 17.8 Å². The third-order valence-corrected chi connectivity index (χ3v) is 1.73. The molecule has 6 heteroatoms. The van der Waals surface area contributed by atoms with E-state index in [2.05, 4.69) is 4.98 Å². The minimum Gasteiger partial charge on any atom is -0.462 e. The Morgan fingerprint density at radius 2 is 2.12 bits per heavy atom. The van der Waals surface area contributed by atoms with Crippen LogP contribution in [0.5, 0.6) is 0 Å². The SMILES string of the molecule is CCCOC(=O)c1ccc(C(F)(F)F)nc1. The van der Waals surface area contributed by atoms with Crippen molar-refractivity contribution >= 4 is 5.97 Å². The van der Waals surface area contributed by atoms with Crippen molar-refractivity contribution in [2.75, 3.05) is 6.61 Å². The van der Waals surface area contributed by atoms with Crippen LogP contribution in [0.4, 0.5) is 13.2 Å². The summed E-state index contributed by atoms with van der Waals surface area (Å²) in [5, 5.41) is 0. The van der Waals surface area contributed by atoms with Crippen molar-refractivity contribution in [1.82, 2.24) is 4.98 Å². The first-order valence-electron chi connectivity index (χ1n) is 4.65. The van der Waals surface area contributed by atoms with Crippen LogP contribution in [0.3, 0.4) is 0 Å². The third-order valence-electron chi connectivity index (χ3n) is 1.73. The Balaban J connectivity index is 2.75. The second kappa shape index (κ2) is 4.96. The van der Waals surface area contributed by atoms with E-state index in [1.165, 1.54) is 0 Å². The van der Waals surface area contributed by atoms with Gasteiger partial charge in [-0.3, -0.25) is 4.98 Å². The lowest BCUT2D eigenvalue weighted by atomic mass is 10.2. The number of hydrogen-bond acceptors (Lipinski definition) is 3. The van der Waals surface area contributed by atoms with Crippen molar-refractivity contribution in [2.24, 2.45) is 0 Å². The molecule has 0 atom stereocenters. The van der Waals surface area contributed by atoms with Gasteiger partial charge in [0.2, 0.25) is 0 Å². The molecule has 0 radical (unpaired) electrons. The highest BCUT2D eigenvalue weighted by atomic mass is 19.4. The fraction of sp³-hybridized carbons (Fsp3) is 0.400. The number of pyridine rings is 1. The summed E-state index contributed by atoms with van der Waals surface area (Å²) in [6, 6.07) is 1.80. The van der Waals surface area contributed by atoms with Crippen LogP contribution in [0.25, 0.3) is 0 Å². The molecule has 0 saturated carbocycles. The topological polar surface area (TPSA) is 39.2 Å². The second-order valence-corrected chi connectivity index (χ2v) is 3.07. The quantitative estimate of drug-likeness (QED) is 0.753. The molecule has 0 aromatic carbocycles. The van der Waals surface area contributed by atoms with Crippen molar-refractivity contribution in [3.63, 3.8) is 0 Å². The molecule has 0 saturated heterocycles. The number of carbonyl (C=O) groups excluding carboxylic acids is 1. The summed E-state index contributed by atoms with van der Waals surface area (Å²) in [5.41, 5.74) is -1.01. The van der Waals surface area contributed by atoms with Gasteiger partial charge in [-0.2, -0.15) is 13.2 Å². The molecule has 1 aromatic rings. The average molecular weight is 233 g/mol. The van der Waals surface area contributed by atoms with Crippen molar-refractivity contribution < 1.29 is 22.7 Å². The molecule has 0 bridgehead atoms. The van der Waals surface area contributed by atoms with E-state index in [4.69, 9.17) is 4.74 Å². The van der Waals surface area contributed by atoms with Gasteiger partial charge in [0.1, 0.15) is 5.69 Å². The van der Waals surface area contributed by atoms with E-state index in [0.29, 0.717) is 6.42 Å². The number of halogens is 3. The van der Waals surface area contributed by atoms with Gasteiger partial charge in [-0.15, -0.1) is 0 Å². The molecule has 0 amide bonds. The molecule has 1 aromatic heterocycles. The molecule has 0 spiro atoms. The smallest absolute Gasteiger partial charge is 0.433 e. The Hall–Kier alpha value is -1.59. The number of nitrogens with zero attached hydrogens (tertiary/aromatic N) is 1. The third kappa shape index (κ3) is 3.22. The lowest BCUT2D eigenvalue weighted by Gasteiger charge is -2.06. The number of aromatic nitrogens is 1. The Morgan fingerprint density at radius 3 is 2.56 bits per heavy atom. The lowest BCUT2D eigenvalue weighted by molar-refractivity contribution is -0.141. The molecular formula is C10H10F3NO2. The number of hydrogen-bond donors (Lipinski definition) is 0. The molecule has 0 aliphatic carbocycles. The van der Waals surface area contributed by atoms with Crippen LogP contribution in [-0.2, 0) is 10.9 Å². The minimum atomic E-state index is -4.49. The molecule has 0 aliphatic heterocycles. The zero-order chi connectivity index (χ0) is 12.2. The number of esters is 1. The van der Waals surface area contributed by atoms with E-state index in [1.54, 1.807) is 0 Å². The van der Waals surface area contributed by atoms with Gasteiger partial charge in [0.15, 0.2) is 0 Å². The number of rotatable bonds is 3. The molecule has 0 fully saturated rings. The molecule has 16 heavy (non-hydrogen) atoms. The zero-order valence-corrected chi connectivity index (χ0v) is 8.54. The Kier molecular flexibility index (Phi) is 3.87. The molecule has 3 nitrogen and oxygen atoms in total. The van der Waals surface area contributed by atoms with Crippen molar-refractivity contribution in [1.29, 1.82) is 0 Å². The molecule has 1 heterocycles. The number of carbonyl (C=O) groups is 1. The summed E-state index contributed by atoms with van der Waals surface area (Å²) in [4.78, 5) is 14.4. The first-order chi connectivity index (χ1) is 7.45. The van der Waals surface area contributed by atoms with E-state index >= 15 is 0 Å². The van der Waals surface area contributed by atoms with Gasteiger partial charge in [0, 0.05) is 6.20 Å². The normalized spacial score (nSPS) is 11.2. The van der Waals surface area contributed by atoms with Crippen LogP contribution in [0.15, 0.2) is 18.3 Å². The second-order valence-electron chi connectivity index (χ2n) is 3.07. The monoisotopic (exact) mass is 233 g/mol. The van der Waals surface area contributed by atoms with Crippen LogP contribution in [-0.4, -0.2) is 17.6 Å². The van der Waals surface area contributed by atoms with Gasteiger partial charge in [-0.05, 0) is 18.6 Å². The van der Waals surface area contributed by atoms with Gasteiger partial charge >= 0.3 is 12.1 Å². The largest absolute Gasteiger partial charge is 0.462 e. The van der Waals surface area contributed by atoms with Gasteiger partial charge < -0.3 is 4.74 Å². The highest BCUT2D eigenvalue weighted by molar-refractivity contribution is 5.88. The van der Waals surface area contributed by atoms with Gasteiger partial charge in [-0.25, -0.2) is 4.79 Å². The summed E-state index contributed by atoms with van der Waals surface area (Å²) < 4.78 is 41.2. The standard InChI is InChI=1S/C10H10F3NO2/c1-2-5-16-9(15)7-3-4-8(14-6-7)10(11,12)13/h3-4,6H,2,5H2,1H3. The van der Waals surface area contributed by atoms with E-state index in [1.807, 2.05) is 6.92 Å². The predicted molar refractivity (Wildman–Crippen MR) is 49.8 cm³/mol. The summed E-state index contributed by atoms with van der Waals surface area (Å²) in [5.74, 6) is -0.664. The van der Waals surface area contributed by atoms with Gasteiger partial charge in [0.25, 0.3) is 0 Å². The molecule has 0 aliphatic rings.